The van der Waals surface area contributed by atoms with Gasteiger partial charge in [0.15, 0.2) is 5.78 Å². The largest absolute Gasteiger partial charge is 0.512 e. The van der Waals surface area contributed by atoms with Crippen LogP contribution in [0.15, 0.2) is 41.7 Å². The van der Waals surface area contributed by atoms with Gasteiger partial charge < -0.3 is 10.4 Å². The Balaban J connectivity index is 2.87. The molecule has 0 bridgehead atoms. The lowest BCUT2D eigenvalue weighted by Gasteiger charge is -2.09. The third kappa shape index (κ3) is 3.28. The number of carbonyl (C=O) groups is 2. The van der Waals surface area contributed by atoms with Gasteiger partial charge >= 0.3 is 0 Å². The fourth-order valence-electron chi connectivity index (χ4n) is 1.45. The molecular formula is C13H14N2O3. The number of benzene rings is 1. The number of amides is 1. The molecule has 0 atom stereocenters. The Morgan fingerprint density at radius 3 is 2.17 bits per heavy atom. The van der Waals surface area contributed by atoms with Crippen LogP contribution in [-0.2, 0) is 4.79 Å². The van der Waals surface area contributed by atoms with E-state index in [1.807, 2.05) is 0 Å². The second-order valence-corrected chi connectivity index (χ2v) is 3.71. The van der Waals surface area contributed by atoms with Gasteiger partial charge in [-0.2, -0.15) is 0 Å². The summed E-state index contributed by atoms with van der Waals surface area (Å²) in [4.78, 5) is 23.0. The topological polar surface area (TPSA) is 90.3 Å². The first-order chi connectivity index (χ1) is 8.43. The zero-order valence-electron chi connectivity index (χ0n) is 10.2. The molecule has 0 radical (unpaired) electrons. The SMILES string of the molecule is CC(=O)/C(C(=N)NC(=O)c1ccccc1)=C(\C)O. The van der Waals surface area contributed by atoms with Gasteiger partial charge in [-0.3, -0.25) is 15.0 Å². The Hall–Kier alpha value is -2.43. The van der Waals surface area contributed by atoms with Crippen LogP contribution in [0.4, 0.5) is 0 Å². The number of carbonyl (C=O) groups excluding carboxylic acids is 2. The quantitative estimate of drug-likeness (QED) is 0.329. The lowest BCUT2D eigenvalue weighted by atomic mass is 10.1. The molecule has 0 aromatic heterocycles. The van der Waals surface area contributed by atoms with E-state index in [0.717, 1.165) is 0 Å². The van der Waals surface area contributed by atoms with Crippen molar-refractivity contribution in [2.45, 2.75) is 13.8 Å². The summed E-state index contributed by atoms with van der Waals surface area (Å²) in [5.74, 6) is -1.67. The molecule has 1 aromatic carbocycles. The Bertz CT molecular complexity index is 514. The average molecular weight is 246 g/mol. The van der Waals surface area contributed by atoms with Crippen LogP contribution in [0.3, 0.4) is 0 Å². The van der Waals surface area contributed by atoms with E-state index in [1.165, 1.54) is 13.8 Å². The van der Waals surface area contributed by atoms with E-state index >= 15 is 0 Å². The van der Waals surface area contributed by atoms with E-state index < -0.39 is 17.5 Å². The minimum atomic E-state index is -0.499. The highest BCUT2D eigenvalue weighted by molar-refractivity contribution is 6.24. The van der Waals surface area contributed by atoms with Crippen molar-refractivity contribution in [3.8, 4) is 0 Å². The molecule has 0 saturated carbocycles. The third-order valence-electron chi connectivity index (χ3n) is 2.24. The number of amidine groups is 1. The maximum Gasteiger partial charge on any atom is 0.256 e. The van der Waals surface area contributed by atoms with E-state index in [1.54, 1.807) is 30.3 Å². The molecule has 5 nitrogen and oxygen atoms in total. The predicted octanol–water partition coefficient (Wildman–Crippen LogP) is 1.81. The normalized spacial score (nSPS) is 11.4. The number of rotatable bonds is 3. The summed E-state index contributed by atoms with van der Waals surface area (Å²) in [6, 6.07) is 8.33. The Kier molecular flexibility index (Phi) is 4.37. The van der Waals surface area contributed by atoms with E-state index in [4.69, 9.17) is 5.41 Å². The molecule has 0 aliphatic rings. The fourth-order valence-corrected chi connectivity index (χ4v) is 1.45. The van der Waals surface area contributed by atoms with Gasteiger partial charge in [0.1, 0.15) is 11.6 Å². The van der Waals surface area contributed by atoms with Gasteiger partial charge in [0, 0.05) is 5.56 Å². The van der Waals surface area contributed by atoms with Gasteiger partial charge in [-0.1, -0.05) is 18.2 Å². The summed E-state index contributed by atoms with van der Waals surface area (Å²) < 4.78 is 0. The summed E-state index contributed by atoms with van der Waals surface area (Å²) in [6.07, 6.45) is 0. The molecule has 0 spiro atoms. The van der Waals surface area contributed by atoms with E-state index in [-0.39, 0.29) is 11.3 Å². The molecule has 3 N–H and O–H groups in total. The molecule has 1 amide bonds. The van der Waals surface area contributed by atoms with Crippen LogP contribution < -0.4 is 5.32 Å². The monoisotopic (exact) mass is 246 g/mol. The molecule has 94 valence electrons. The van der Waals surface area contributed by atoms with E-state index in [0.29, 0.717) is 5.56 Å². The van der Waals surface area contributed by atoms with Crippen molar-refractivity contribution in [2.75, 3.05) is 0 Å². The second-order valence-electron chi connectivity index (χ2n) is 3.71. The number of hydrogen-bond acceptors (Lipinski definition) is 4. The van der Waals surface area contributed by atoms with Crippen LogP contribution in [0.25, 0.3) is 0 Å². The summed E-state index contributed by atoms with van der Waals surface area (Å²) in [5.41, 5.74) is 0.181. The lowest BCUT2D eigenvalue weighted by Crippen LogP contribution is -2.33. The molecule has 0 saturated heterocycles. The molecule has 1 aromatic rings. The molecular weight excluding hydrogens is 232 g/mol. The Morgan fingerprint density at radius 2 is 1.72 bits per heavy atom. The number of ketones is 1. The van der Waals surface area contributed by atoms with Crippen LogP contribution in [0.2, 0.25) is 0 Å². The van der Waals surface area contributed by atoms with Gasteiger partial charge in [0.2, 0.25) is 0 Å². The summed E-state index contributed by atoms with van der Waals surface area (Å²) in [5, 5.41) is 19.2. The lowest BCUT2D eigenvalue weighted by molar-refractivity contribution is -0.113. The van der Waals surface area contributed by atoms with Crippen molar-refractivity contribution in [1.29, 1.82) is 5.41 Å². The van der Waals surface area contributed by atoms with Crippen molar-refractivity contribution in [3.63, 3.8) is 0 Å². The molecule has 1 rings (SSSR count). The highest BCUT2D eigenvalue weighted by Gasteiger charge is 2.17. The first-order valence-electron chi connectivity index (χ1n) is 5.29. The van der Waals surface area contributed by atoms with E-state index in [9.17, 15) is 14.7 Å². The number of hydrogen-bond donors (Lipinski definition) is 3. The van der Waals surface area contributed by atoms with Crippen molar-refractivity contribution in [1.82, 2.24) is 5.32 Å². The number of allylic oxidation sites excluding steroid dienone is 1. The molecule has 0 aliphatic carbocycles. The zero-order valence-corrected chi connectivity index (χ0v) is 10.2. The van der Waals surface area contributed by atoms with Gasteiger partial charge in [-0.25, -0.2) is 0 Å². The highest BCUT2D eigenvalue weighted by atomic mass is 16.3. The van der Waals surface area contributed by atoms with Crippen LogP contribution in [0.1, 0.15) is 24.2 Å². The van der Waals surface area contributed by atoms with Crippen LogP contribution in [-0.4, -0.2) is 22.6 Å². The maximum atomic E-state index is 11.7. The molecule has 0 aliphatic heterocycles. The van der Waals surface area contributed by atoms with Crippen molar-refractivity contribution >= 4 is 17.5 Å². The predicted molar refractivity (Wildman–Crippen MR) is 67.6 cm³/mol. The summed E-state index contributed by atoms with van der Waals surface area (Å²) in [6.45, 7) is 2.51. The third-order valence-corrected chi connectivity index (χ3v) is 2.24. The van der Waals surface area contributed by atoms with E-state index in [2.05, 4.69) is 5.32 Å². The Morgan fingerprint density at radius 1 is 1.17 bits per heavy atom. The number of Topliss-reactive ketones (excluding diaryl/α,β-unsaturated/α-hetero) is 1. The number of nitrogens with one attached hydrogen (secondary N) is 2. The molecule has 0 unspecified atom stereocenters. The minimum Gasteiger partial charge on any atom is -0.512 e. The first-order valence-corrected chi connectivity index (χ1v) is 5.29. The smallest absolute Gasteiger partial charge is 0.256 e. The van der Waals surface area contributed by atoms with Crippen LogP contribution in [0, 0.1) is 5.41 Å². The van der Waals surface area contributed by atoms with Crippen LogP contribution >= 0.6 is 0 Å². The van der Waals surface area contributed by atoms with Gasteiger partial charge in [-0.15, -0.1) is 0 Å². The number of aliphatic hydroxyl groups excluding tert-OH is 1. The average Bonchev–Trinajstić information content (AvgIpc) is 2.28. The summed E-state index contributed by atoms with van der Waals surface area (Å²) in [7, 11) is 0. The maximum absolute atomic E-state index is 11.7. The van der Waals surface area contributed by atoms with Gasteiger partial charge in [0.05, 0.1) is 5.57 Å². The van der Waals surface area contributed by atoms with Crippen LogP contribution in [0.5, 0.6) is 0 Å². The molecule has 0 heterocycles. The summed E-state index contributed by atoms with van der Waals surface area (Å²) >= 11 is 0. The highest BCUT2D eigenvalue weighted by Crippen LogP contribution is 2.04. The molecule has 5 heteroatoms. The van der Waals surface area contributed by atoms with Gasteiger partial charge in [0.25, 0.3) is 5.91 Å². The standard InChI is InChI=1S/C13H14N2O3/c1-8(16)11(9(2)17)12(14)15-13(18)10-6-4-3-5-7-10/h3-7,16H,1-2H3,(H2,14,15,18)/b11-8-. The molecule has 0 fully saturated rings. The van der Waals surface area contributed by atoms with Gasteiger partial charge in [-0.05, 0) is 26.0 Å². The zero-order chi connectivity index (χ0) is 13.7. The molecule has 18 heavy (non-hydrogen) atoms. The fraction of sp³-hybridized carbons (Fsp3) is 0.154. The van der Waals surface area contributed by atoms with Crippen molar-refractivity contribution in [3.05, 3.63) is 47.2 Å². The first kappa shape index (κ1) is 13.6. The van der Waals surface area contributed by atoms with Crippen molar-refractivity contribution < 1.29 is 14.7 Å². The minimum absolute atomic E-state index is 0.195. The Labute approximate surface area is 105 Å². The second kappa shape index (κ2) is 5.77. The van der Waals surface area contributed by atoms with Crippen molar-refractivity contribution in [2.24, 2.45) is 0 Å². The number of aliphatic hydroxyl groups is 1.